The molecule has 2 N–H and O–H groups in total. The standard InChI is InChI=1S/C9H13N3OS/c1-4-12(2)9-8(13-3)7(11)6(5-10)14-9/h4,11H2,1-3H3. The van der Waals surface area contributed by atoms with Gasteiger partial charge in [0.1, 0.15) is 21.6 Å². The first kappa shape index (κ1) is 10.7. The number of methoxy groups -OCH3 is 1. The predicted molar refractivity (Wildman–Crippen MR) is 58.9 cm³/mol. The minimum Gasteiger partial charge on any atom is -0.492 e. The normalized spacial score (nSPS) is 9.57. The molecule has 0 aromatic carbocycles. The van der Waals surface area contributed by atoms with Crippen molar-refractivity contribution >= 4 is 22.0 Å². The molecule has 0 aliphatic carbocycles. The van der Waals surface area contributed by atoms with Crippen LogP contribution in [0.5, 0.6) is 5.75 Å². The third kappa shape index (κ3) is 1.61. The molecule has 14 heavy (non-hydrogen) atoms. The van der Waals surface area contributed by atoms with Crippen LogP contribution in [-0.4, -0.2) is 20.7 Å². The van der Waals surface area contributed by atoms with E-state index in [9.17, 15) is 0 Å². The Morgan fingerprint density at radius 1 is 1.64 bits per heavy atom. The van der Waals surface area contributed by atoms with E-state index in [-0.39, 0.29) is 0 Å². The van der Waals surface area contributed by atoms with Gasteiger partial charge in [0.2, 0.25) is 0 Å². The third-order valence-electron chi connectivity index (χ3n) is 2.01. The van der Waals surface area contributed by atoms with Crippen molar-refractivity contribution in [1.82, 2.24) is 0 Å². The topological polar surface area (TPSA) is 62.3 Å². The molecule has 0 radical (unpaired) electrons. The lowest BCUT2D eigenvalue weighted by Crippen LogP contribution is -2.15. The highest BCUT2D eigenvalue weighted by Crippen LogP contribution is 2.43. The molecule has 0 atom stereocenters. The quantitative estimate of drug-likeness (QED) is 0.826. The lowest BCUT2D eigenvalue weighted by atomic mass is 10.3. The number of hydrogen-bond donors (Lipinski definition) is 1. The molecular weight excluding hydrogens is 198 g/mol. The molecule has 4 nitrogen and oxygen atoms in total. The summed E-state index contributed by atoms with van der Waals surface area (Å²) in [4.78, 5) is 2.51. The van der Waals surface area contributed by atoms with E-state index in [2.05, 4.69) is 6.07 Å². The second kappa shape index (κ2) is 4.20. The highest BCUT2D eigenvalue weighted by molar-refractivity contribution is 7.17. The first-order valence-corrected chi connectivity index (χ1v) is 5.04. The molecule has 0 aliphatic heterocycles. The van der Waals surface area contributed by atoms with Gasteiger partial charge in [-0.15, -0.1) is 11.3 Å². The van der Waals surface area contributed by atoms with Gasteiger partial charge in [-0.05, 0) is 6.92 Å². The van der Waals surface area contributed by atoms with Crippen LogP contribution in [0.1, 0.15) is 11.8 Å². The number of nitrogens with two attached hydrogens (primary N) is 1. The Morgan fingerprint density at radius 2 is 2.29 bits per heavy atom. The second-order valence-corrected chi connectivity index (χ2v) is 3.81. The molecule has 0 unspecified atom stereocenters. The first-order chi connectivity index (χ1) is 6.65. The maximum absolute atomic E-state index is 8.81. The van der Waals surface area contributed by atoms with Gasteiger partial charge < -0.3 is 15.4 Å². The number of rotatable bonds is 3. The van der Waals surface area contributed by atoms with Crippen LogP contribution >= 0.6 is 11.3 Å². The fourth-order valence-electron chi connectivity index (χ4n) is 1.09. The van der Waals surface area contributed by atoms with Crippen LogP contribution in [0.3, 0.4) is 0 Å². The molecule has 0 amide bonds. The molecule has 1 rings (SSSR count). The summed E-state index contributed by atoms with van der Waals surface area (Å²) in [6.45, 7) is 2.88. The summed E-state index contributed by atoms with van der Waals surface area (Å²) in [5.74, 6) is 0.607. The summed E-state index contributed by atoms with van der Waals surface area (Å²) < 4.78 is 5.17. The Hall–Kier alpha value is -1.41. The molecule has 1 heterocycles. The molecule has 0 aliphatic rings. The van der Waals surface area contributed by atoms with Gasteiger partial charge in [-0.2, -0.15) is 5.26 Å². The van der Waals surface area contributed by atoms with Gasteiger partial charge in [-0.1, -0.05) is 0 Å². The van der Waals surface area contributed by atoms with E-state index in [0.717, 1.165) is 11.5 Å². The van der Waals surface area contributed by atoms with E-state index in [1.165, 1.54) is 11.3 Å². The molecule has 1 aromatic rings. The molecule has 0 spiro atoms. The first-order valence-electron chi connectivity index (χ1n) is 4.23. The number of ether oxygens (including phenoxy) is 1. The number of nitriles is 1. The summed E-state index contributed by atoms with van der Waals surface area (Å²) in [7, 11) is 3.50. The zero-order chi connectivity index (χ0) is 10.7. The number of anilines is 2. The molecule has 0 saturated heterocycles. The zero-order valence-electron chi connectivity index (χ0n) is 8.50. The van der Waals surface area contributed by atoms with Crippen molar-refractivity contribution < 1.29 is 4.74 Å². The van der Waals surface area contributed by atoms with Crippen LogP contribution in [0.15, 0.2) is 0 Å². The van der Waals surface area contributed by atoms with Crippen molar-refractivity contribution in [3.05, 3.63) is 4.88 Å². The van der Waals surface area contributed by atoms with Crippen LogP contribution in [-0.2, 0) is 0 Å². The Kier molecular flexibility index (Phi) is 3.20. The highest BCUT2D eigenvalue weighted by atomic mass is 32.1. The molecule has 76 valence electrons. The highest BCUT2D eigenvalue weighted by Gasteiger charge is 2.18. The Labute approximate surface area is 87.5 Å². The van der Waals surface area contributed by atoms with Gasteiger partial charge in [0.05, 0.1) is 7.11 Å². The number of nitrogen functional groups attached to an aromatic ring is 1. The summed E-state index contributed by atoms with van der Waals surface area (Å²) in [6, 6.07) is 2.06. The zero-order valence-corrected chi connectivity index (χ0v) is 9.31. The van der Waals surface area contributed by atoms with Crippen molar-refractivity contribution in [2.45, 2.75) is 6.92 Å². The fraction of sp³-hybridized carbons (Fsp3) is 0.444. The van der Waals surface area contributed by atoms with Crippen LogP contribution in [0, 0.1) is 11.3 Å². The van der Waals surface area contributed by atoms with E-state index in [1.54, 1.807) is 7.11 Å². The summed E-state index contributed by atoms with van der Waals surface area (Å²) in [6.07, 6.45) is 0. The molecule has 5 heteroatoms. The predicted octanol–water partition coefficient (Wildman–Crippen LogP) is 1.67. The van der Waals surface area contributed by atoms with E-state index in [4.69, 9.17) is 15.7 Å². The lowest BCUT2D eigenvalue weighted by molar-refractivity contribution is 0.419. The number of hydrogen-bond acceptors (Lipinski definition) is 5. The van der Waals surface area contributed by atoms with E-state index < -0.39 is 0 Å². The van der Waals surface area contributed by atoms with Crippen LogP contribution < -0.4 is 15.4 Å². The maximum Gasteiger partial charge on any atom is 0.177 e. The van der Waals surface area contributed by atoms with Gasteiger partial charge in [-0.25, -0.2) is 0 Å². The average Bonchev–Trinajstić information content (AvgIpc) is 2.53. The monoisotopic (exact) mass is 211 g/mol. The Morgan fingerprint density at radius 3 is 2.71 bits per heavy atom. The second-order valence-electron chi connectivity index (χ2n) is 2.81. The summed E-state index contributed by atoms with van der Waals surface area (Å²) >= 11 is 1.36. The fourth-order valence-corrected chi connectivity index (χ4v) is 2.10. The SMILES string of the molecule is CCN(C)c1sc(C#N)c(N)c1OC. The van der Waals surface area contributed by atoms with E-state index in [1.807, 2.05) is 18.9 Å². The number of thiophene rings is 1. The van der Waals surface area contributed by atoms with Crippen molar-refractivity contribution in [2.24, 2.45) is 0 Å². The van der Waals surface area contributed by atoms with Gasteiger partial charge >= 0.3 is 0 Å². The van der Waals surface area contributed by atoms with Crippen LogP contribution in [0.2, 0.25) is 0 Å². The van der Waals surface area contributed by atoms with Crippen molar-refractivity contribution in [3.8, 4) is 11.8 Å². The van der Waals surface area contributed by atoms with Gasteiger partial charge in [-0.3, -0.25) is 0 Å². The molecular formula is C9H13N3OS. The summed E-state index contributed by atoms with van der Waals surface area (Å²) in [5.41, 5.74) is 6.19. The molecule has 0 saturated carbocycles. The van der Waals surface area contributed by atoms with Crippen LogP contribution in [0.25, 0.3) is 0 Å². The van der Waals surface area contributed by atoms with Gasteiger partial charge in [0, 0.05) is 13.6 Å². The molecule has 0 fully saturated rings. The smallest absolute Gasteiger partial charge is 0.177 e. The number of nitrogens with zero attached hydrogens (tertiary/aromatic N) is 2. The third-order valence-corrected chi connectivity index (χ3v) is 3.21. The molecule has 0 bridgehead atoms. The van der Waals surface area contributed by atoms with Crippen molar-refractivity contribution in [2.75, 3.05) is 31.3 Å². The van der Waals surface area contributed by atoms with Crippen LogP contribution in [0.4, 0.5) is 10.7 Å². The van der Waals surface area contributed by atoms with Crippen molar-refractivity contribution in [3.63, 3.8) is 0 Å². The minimum absolute atomic E-state index is 0.440. The average molecular weight is 211 g/mol. The van der Waals surface area contributed by atoms with E-state index >= 15 is 0 Å². The largest absolute Gasteiger partial charge is 0.492 e. The van der Waals surface area contributed by atoms with E-state index in [0.29, 0.717) is 16.3 Å². The Bertz CT molecular complexity index is 367. The minimum atomic E-state index is 0.440. The summed E-state index contributed by atoms with van der Waals surface area (Å²) in [5, 5.41) is 9.72. The Balaban J connectivity index is 3.23. The van der Waals surface area contributed by atoms with Crippen molar-refractivity contribution in [1.29, 1.82) is 5.26 Å². The van der Waals surface area contributed by atoms with Gasteiger partial charge in [0.15, 0.2) is 5.75 Å². The molecule has 1 aromatic heterocycles. The lowest BCUT2D eigenvalue weighted by Gasteiger charge is -2.15. The maximum atomic E-state index is 8.81. The van der Waals surface area contributed by atoms with Gasteiger partial charge in [0.25, 0.3) is 0 Å².